The van der Waals surface area contributed by atoms with Crippen LogP contribution in [0.4, 0.5) is 0 Å². The van der Waals surface area contributed by atoms with Crippen molar-refractivity contribution < 1.29 is 73.6 Å². The fourth-order valence-corrected chi connectivity index (χ4v) is 4.89. The van der Waals surface area contributed by atoms with Crippen LogP contribution in [0.5, 0.6) is 5.75 Å². The van der Waals surface area contributed by atoms with Crippen molar-refractivity contribution in [1.82, 2.24) is 4.98 Å². The summed E-state index contributed by atoms with van der Waals surface area (Å²) in [6.07, 6.45) is 0. The maximum Gasteiger partial charge on any atom is 1.00 e. The van der Waals surface area contributed by atoms with Crippen molar-refractivity contribution in [2.75, 3.05) is 0 Å². The van der Waals surface area contributed by atoms with E-state index in [0.717, 1.165) is 12.1 Å². The number of aromatic nitrogens is 1. The van der Waals surface area contributed by atoms with E-state index in [-0.39, 0.29) is 51.4 Å². The third kappa shape index (κ3) is 3.98. The molecule has 0 fully saturated rings. The molecule has 0 radical (unpaired) electrons. The van der Waals surface area contributed by atoms with Gasteiger partial charge in [0.25, 0.3) is 30.4 Å². The average Bonchev–Trinajstić information content (AvgIpc) is 2.78. The number of nitrogens with one attached hydrogen (secondary N) is 1. The molecule has 2 aromatic carbocycles. The second-order valence-electron chi connectivity index (χ2n) is 5.24. The van der Waals surface area contributed by atoms with Gasteiger partial charge >= 0.3 is 29.6 Å². The van der Waals surface area contributed by atoms with E-state index in [1.54, 1.807) is 0 Å². The molecule has 4 N–H and O–H groups in total. The molecular weight excluding hydrogens is 437 g/mol. The van der Waals surface area contributed by atoms with Crippen molar-refractivity contribution in [3.8, 4) is 5.75 Å². The predicted molar refractivity (Wildman–Crippen MR) is 84.7 cm³/mol. The fourth-order valence-electron chi connectivity index (χ4n) is 2.52. The molecule has 1 heterocycles. The van der Waals surface area contributed by atoms with Crippen molar-refractivity contribution in [2.45, 2.75) is 14.7 Å². The minimum Gasteiger partial charge on any atom is -0.871 e. The van der Waals surface area contributed by atoms with E-state index in [0.29, 0.717) is 12.1 Å². The monoisotopic (exact) mass is 445 g/mol. The number of hydrogen-bond donors (Lipinski definition) is 4. The molecule has 3 aromatic rings. The van der Waals surface area contributed by atoms with Gasteiger partial charge in [-0.25, -0.2) is 0 Å². The van der Waals surface area contributed by atoms with E-state index in [1.165, 1.54) is 0 Å². The topological polar surface area (TPSA) is 202 Å². The van der Waals surface area contributed by atoms with Crippen molar-refractivity contribution in [1.29, 1.82) is 0 Å². The van der Waals surface area contributed by atoms with Crippen molar-refractivity contribution in [3.63, 3.8) is 0 Å². The van der Waals surface area contributed by atoms with Crippen LogP contribution in [-0.2, 0) is 30.4 Å². The Hall–Kier alpha value is -1.23. The van der Waals surface area contributed by atoms with Crippen LogP contribution in [0.3, 0.4) is 0 Å². The Kier molecular flexibility index (Phi) is 5.46. The van der Waals surface area contributed by atoms with E-state index in [4.69, 9.17) is 4.55 Å². The quantitative estimate of drug-likeness (QED) is 0.240. The number of H-pyrrole nitrogens is 1. The minimum absolute atomic E-state index is 0. The standard InChI is InChI=1S/C12H9NO10S3.Na/c14-9-3-7-5(1-10(9)24(15,16)17)6-2-11(25(18,19)20)12(26(21,22)23)4-8(6)13-7;/h1-4,13-14H,(H,15,16,17)(H,18,19,20)(H,21,22,23);/q;+1/p-1. The normalized spacial score (nSPS) is 13.0. The summed E-state index contributed by atoms with van der Waals surface area (Å²) in [7, 11) is -15.0. The molecule has 3 rings (SSSR count). The van der Waals surface area contributed by atoms with E-state index in [1.807, 2.05) is 0 Å². The van der Waals surface area contributed by atoms with Crippen LogP contribution in [0.15, 0.2) is 39.0 Å². The molecule has 0 atom stereocenters. The van der Waals surface area contributed by atoms with Crippen LogP contribution in [-0.4, -0.2) is 43.9 Å². The molecular formula is C12H8NNaO10S3. The maximum atomic E-state index is 11.8. The van der Waals surface area contributed by atoms with Gasteiger partial charge in [0.2, 0.25) is 0 Å². The first-order chi connectivity index (χ1) is 11.7. The molecule has 1 aromatic heterocycles. The number of hydrogen-bond acceptors (Lipinski definition) is 7. The Balaban J connectivity index is 0.00000261. The minimum atomic E-state index is -5.08. The zero-order valence-electron chi connectivity index (χ0n) is 13.2. The average molecular weight is 445 g/mol. The Morgan fingerprint density at radius 3 is 1.48 bits per heavy atom. The van der Waals surface area contributed by atoms with Gasteiger partial charge in [-0.3, -0.25) is 13.7 Å². The molecule has 0 bridgehead atoms. The van der Waals surface area contributed by atoms with E-state index < -0.39 is 50.8 Å². The summed E-state index contributed by atoms with van der Waals surface area (Å²) in [6.45, 7) is 0. The first-order valence-corrected chi connectivity index (χ1v) is 10.7. The van der Waals surface area contributed by atoms with Gasteiger partial charge < -0.3 is 10.1 Å². The zero-order valence-corrected chi connectivity index (χ0v) is 17.7. The third-order valence-corrected chi connectivity index (χ3v) is 6.35. The molecule has 0 saturated heterocycles. The van der Waals surface area contributed by atoms with Gasteiger partial charge in [0.1, 0.15) is 9.79 Å². The Labute approximate surface area is 174 Å². The molecule has 0 amide bonds. The Morgan fingerprint density at radius 1 is 0.667 bits per heavy atom. The largest absolute Gasteiger partial charge is 1.00 e. The zero-order chi connectivity index (χ0) is 19.7. The second-order valence-corrected chi connectivity index (χ2v) is 9.41. The summed E-state index contributed by atoms with van der Waals surface area (Å²) in [6, 6.07) is 2.96. The first-order valence-electron chi connectivity index (χ1n) is 6.42. The molecule has 15 heteroatoms. The van der Waals surface area contributed by atoms with Crippen LogP contribution in [0, 0.1) is 0 Å². The number of rotatable bonds is 3. The van der Waals surface area contributed by atoms with Crippen LogP contribution >= 0.6 is 0 Å². The van der Waals surface area contributed by atoms with Gasteiger partial charge in [-0.05, 0) is 24.3 Å². The van der Waals surface area contributed by atoms with Gasteiger partial charge in [0.05, 0.1) is 4.90 Å². The molecule has 11 nitrogen and oxygen atoms in total. The fraction of sp³-hybridized carbons (Fsp3) is 0. The maximum absolute atomic E-state index is 11.8. The molecule has 0 aliphatic heterocycles. The smallest absolute Gasteiger partial charge is 0.871 e. The molecule has 27 heavy (non-hydrogen) atoms. The summed E-state index contributed by atoms with van der Waals surface area (Å²) in [5.74, 6) is -1.06. The van der Waals surface area contributed by atoms with Crippen LogP contribution < -0.4 is 34.7 Å². The summed E-state index contributed by atoms with van der Waals surface area (Å²) >= 11 is 0. The van der Waals surface area contributed by atoms with Gasteiger partial charge in [0.15, 0.2) is 0 Å². The Morgan fingerprint density at radius 2 is 1.04 bits per heavy atom. The van der Waals surface area contributed by atoms with E-state index >= 15 is 0 Å². The molecule has 140 valence electrons. The Bertz CT molecular complexity index is 1400. The molecule has 0 aliphatic rings. The van der Waals surface area contributed by atoms with Crippen LogP contribution in [0.1, 0.15) is 0 Å². The van der Waals surface area contributed by atoms with Crippen molar-refractivity contribution >= 4 is 52.2 Å². The SMILES string of the molecule is O=S(=O)(O)c1cc2c(cc1[O-])[nH]c1cc(S(=O)(=O)O)c(S(=O)(=O)O)cc12.[Na+]. The van der Waals surface area contributed by atoms with Crippen molar-refractivity contribution in [3.05, 3.63) is 24.3 Å². The van der Waals surface area contributed by atoms with Crippen molar-refractivity contribution in [2.24, 2.45) is 0 Å². The van der Waals surface area contributed by atoms with Crippen LogP contribution in [0.25, 0.3) is 21.8 Å². The van der Waals surface area contributed by atoms with E-state index in [9.17, 15) is 39.5 Å². The first kappa shape index (κ1) is 22.1. The molecule has 0 unspecified atom stereocenters. The molecule has 0 aliphatic carbocycles. The number of fused-ring (bicyclic) bond motifs is 3. The molecule has 0 saturated carbocycles. The van der Waals surface area contributed by atoms with Crippen LogP contribution in [0.2, 0.25) is 0 Å². The summed E-state index contributed by atoms with van der Waals surface area (Å²) in [5, 5.41) is 11.7. The third-order valence-electron chi connectivity index (χ3n) is 3.56. The van der Waals surface area contributed by atoms with E-state index in [2.05, 4.69) is 4.98 Å². The summed E-state index contributed by atoms with van der Waals surface area (Å²) in [5.41, 5.74) is -0.0712. The van der Waals surface area contributed by atoms with Gasteiger partial charge in [-0.2, -0.15) is 25.3 Å². The summed E-state index contributed by atoms with van der Waals surface area (Å²) < 4.78 is 95.8. The van der Waals surface area contributed by atoms with Gasteiger partial charge in [-0.15, -0.1) is 0 Å². The number of benzene rings is 2. The number of aromatic amines is 1. The van der Waals surface area contributed by atoms with Gasteiger partial charge in [-0.1, -0.05) is 5.75 Å². The van der Waals surface area contributed by atoms with Gasteiger partial charge in [0, 0.05) is 21.8 Å². The molecule has 0 spiro atoms. The predicted octanol–water partition coefficient (Wildman–Crippen LogP) is -2.86. The second kappa shape index (κ2) is 6.68. The summed E-state index contributed by atoms with van der Waals surface area (Å²) in [4.78, 5) is -0.674.